The number of benzene rings is 1. The molecule has 1 aromatic carbocycles. The maximum Gasteiger partial charge on any atom is 0.191 e. The topological polar surface area (TPSA) is 65.7 Å². The zero-order valence-electron chi connectivity index (χ0n) is 17.9. The molecule has 1 aliphatic rings. The summed E-state index contributed by atoms with van der Waals surface area (Å²) in [6.07, 6.45) is 2.85. The molecule has 1 unspecified atom stereocenters. The molecule has 2 N–H and O–H groups in total. The lowest BCUT2D eigenvalue weighted by Gasteiger charge is -2.35. The summed E-state index contributed by atoms with van der Waals surface area (Å²) in [6, 6.07) is 5.52. The summed E-state index contributed by atoms with van der Waals surface area (Å²) < 4.78 is 19.5. The number of guanidine groups is 1. The van der Waals surface area contributed by atoms with E-state index in [1.165, 1.54) is 0 Å². The van der Waals surface area contributed by atoms with Crippen LogP contribution in [-0.4, -0.2) is 43.3 Å². The van der Waals surface area contributed by atoms with Crippen molar-refractivity contribution >= 4 is 11.6 Å². The van der Waals surface area contributed by atoms with Crippen LogP contribution in [0.1, 0.15) is 42.3 Å². The van der Waals surface area contributed by atoms with E-state index in [2.05, 4.69) is 27.6 Å². The van der Waals surface area contributed by atoms with Gasteiger partial charge >= 0.3 is 0 Å². The van der Waals surface area contributed by atoms with E-state index in [-0.39, 0.29) is 11.9 Å². The molecule has 0 amide bonds. The minimum absolute atomic E-state index is 0.156. The van der Waals surface area contributed by atoms with Gasteiger partial charge in [-0.2, -0.15) is 0 Å². The Morgan fingerprint density at radius 1 is 1.34 bits per heavy atom. The number of hydrogen-bond donors (Lipinski definition) is 2. The van der Waals surface area contributed by atoms with Gasteiger partial charge in [-0.1, -0.05) is 11.2 Å². The molecular formula is C22H32FN5O. The van der Waals surface area contributed by atoms with Crippen LogP contribution in [0, 0.1) is 26.6 Å². The van der Waals surface area contributed by atoms with Crippen molar-refractivity contribution in [3.05, 3.63) is 46.6 Å². The van der Waals surface area contributed by atoms with Gasteiger partial charge in [-0.05, 0) is 64.7 Å². The molecule has 1 aromatic heterocycles. The zero-order chi connectivity index (χ0) is 20.8. The normalized spacial score (nSPS) is 17.5. The lowest BCUT2D eigenvalue weighted by molar-refractivity contribution is 0.392. The number of nitrogens with zero attached hydrogens (tertiary/aromatic N) is 3. The third-order valence-corrected chi connectivity index (χ3v) is 5.36. The number of hydrogen-bond acceptors (Lipinski definition) is 4. The summed E-state index contributed by atoms with van der Waals surface area (Å²) in [7, 11) is 0. The van der Waals surface area contributed by atoms with Crippen molar-refractivity contribution < 1.29 is 8.91 Å². The van der Waals surface area contributed by atoms with E-state index < -0.39 is 0 Å². The number of rotatable bonds is 6. The standard InChI is InChI=1S/C22H32FN5O/c1-5-24-22(25-11-10-19-16(3)27-29-17(19)4)26-18-7-6-12-28(14-18)21-13-15(2)8-9-20(21)23/h8-9,13,18H,5-7,10-12,14H2,1-4H3,(H2,24,25,26). The Balaban J connectivity index is 1.62. The van der Waals surface area contributed by atoms with Gasteiger partial charge in [0.2, 0.25) is 0 Å². The SMILES string of the molecule is CCNC(=NCCc1c(C)noc1C)NC1CCCN(c2cc(C)ccc2F)C1. The maximum absolute atomic E-state index is 14.3. The van der Waals surface area contributed by atoms with E-state index in [0.717, 1.165) is 67.4 Å². The van der Waals surface area contributed by atoms with Crippen LogP contribution in [0.25, 0.3) is 0 Å². The summed E-state index contributed by atoms with van der Waals surface area (Å²) in [5, 5.41) is 10.9. The molecule has 0 radical (unpaired) electrons. The van der Waals surface area contributed by atoms with Crippen molar-refractivity contribution in [3.63, 3.8) is 0 Å². The molecule has 2 aromatic rings. The molecule has 0 spiro atoms. The highest BCUT2D eigenvalue weighted by Crippen LogP contribution is 2.24. The minimum Gasteiger partial charge on any atom is -0.367 e. The molecule has 29 heavy (non-hydrogen) atoms. The number of anilines is 1. The average molecular weight is 402 g/mol. The van der Waals surface area contributed by atoms with Crippen LogP contribution in [-0.2, 0) is 6.42 Å². The maximum atomic E-state index is 14.3. The van der Waals surface area contributed by atoms with Gasteiger partial charge in [0.25, 0.3) is 0 Å². The first-order valence-corrected chi connectivity index (χ1v) is 10.5. The van der Waals surface area contributed by atoms with E-state index in [1.54, 1.807) is 6.07 Å². The number of nitrogens with one attached hydrogen (secondary N) is 2. The van der Waals surface area contributed by atoms with Gasteiger partial charge in [0.1, 0.15) is 11.6 Å². The number of aromatic nitrogens is 1. The number of piperidine rings is 1. The first-order chi connectivity index (χ1) is 14.0. The minimum atomic E-state index is -0.156. The zero-order valence-corrected chi connectivity index (χ0v) is 17.9. The number of aliphatic imine (C=N–C) groups is 1. The third kappa shape index (κ3) is 5.49. The van der Waals surface area contributed by atoms with Crippen LogP contribution >= 0.6 is 0 Å². The monoisotopic (exact) mass is 401 g/mol. The summed E-state index contributed by atoms with van der Waals surface area (Å²) >= 11 is 0. The highest BCUT2D eigenvalue weighted by molar-refractivity contribution is 5.80. The smallest absolute Gasteiger partial charge is 0.191 e. The van der Waals surface area contributed by atoms with Crippen LogP contribution in [0.2, 0.25) is 0 Å². The van der Waals surface area contributed by atoms with E-state index in [1.807, 2.05) is 32.9 Å². The molecule has 2 heterocycles. The third-order valence-electron chi connectivity index (χ3n) is 5.36. The highest BCUT2D eigenvalue weighted by Gasteiger charge is 2.23. The van der Waals surface area contributed by atoms with Crippen LogP contribution < -0.4 is 15.5 Å². The van der Waals surface area contributed by atoms with Gasteiger partial charge in [0.15, 0.2) is 5.96 Å². The Kier molecular flexibility index (Phi) is 7.12. The van der Waals surface area contributed by atoms with Crippen LogP contribution in [0.4, 0.5) is 10.1 Å². The molecule has 6 nitrogen and oxygen atoms in total. The molecule has 0 saturated carbocycles. The van der Waals surface area contributed by atoms with Crippen LogP contribution in [0.5, 0.6) is 0 Å². The fraction of sp³-hybridized carbons (Fsp3) is 0.545. The molecule has 158 valence electrons. The van der Waals surface area contributed by atoms with Crippen LogP contribution in [0.3, 0.4) is 0 Å². The van der Waals surface area contributed by atoms with Crippen molar-refractivity contribution in [2.24, 2.45) is 4.99 Å². The predicted octanol–water partition coefficient (Wildman–Crippen LogP) is 3.51. The van der Waals surface area contributed by atoms with Gasteiger partial charge in [-0.3, -0.25) is 4.99 Å². The van der Waals surface area contributed by atoms with Gasteiger partial charge in [0, 0.05) is 37.8 Å². The van der Waals surface area contributed by atoms with Gasteiger partial charge in [-0.25, -0.2) is 4.39 Å². The molecular weight excluding hydrogens is 369 g/mol. The Morgan fingerprint density at radius 3 is 2.90 bits per heavy atom. The second-order valence-corrected chi connectivity index (χ2v) is 7.70. The Labute approximate surface area is 172 Å². The average Bonchev–Trinajstić information content (AvgIpc) is 3.02. The van der Waals surface area contributed by atoms with Crippen molar-refractivity contribution in [2.45, 2.75) is 53.0 Å². The fourth-order valence-electron chi connectivity index (χ4n) is 3.83. The summed E-state index contributed by atoms with van der Waals surface area (Å²) in [5.41, 5.74) is 3.82. The molecule has 1 fully saturated rings. The second-order valence-electron chi connectivity index (χ2n) is 7.70. The molecule has 3 rings (SSSR count). The van der Waals surface area contributed by atoms with E-state index >= 15 is 0 Å². The van der Waals surface area contributed by atoms with Crippen molar-refractivity contribution in [2.75, 3.05) is 31.1 Å². The Bertz CT molecular complexity index is 828. The Morgan fingerprint density at radius 2 is 2.17 bits per heavy atom. The van der Waals surface area contributed by atoms with Crippen LogP contribution in [0.15, 0.2) is 27.7 Å². The highest BCUT2D eigenvalue weighted by atomic mass is 19.1. The van der Waals surface area contributed by atoms with Gasteiger partial charge in [0.05, 0.1) is 11.4 Å². The number of aryl methyl sites for hydroxylation is 3. The predicted molar refractivity (Wildman–Crippen MR) is 115 cm³/mol. The van der Waals surface area contributed by atoms with E-state index in [9.17, 15) is 4.39 Å². The van der Waals surface area contributed by atoms with Crippen molar-refractivity contribution in [1.82, 2.24) is 15.8 Å². The first kappa shape index (κ1) is 21.1. The molecule has 1 atom stereocenters. The van der Waals surface area contributed by atoms with Gasteiger partial charge < -0.3 is 20.1 Å². The summed E-state index contributed by atoms with van der Waals surface area (Å²) in [4.78, 5) is 6.86. The van der Waals surface area contributed by atoms with Crippen molar-refractivity contribution in [1.29, 1.82) is 0 Å². The number of halogens is 1. The Hall–Kier alpha value is -2.57. The lowest BCUT2D eigenvalue weighted by atomic mass is 10.0. The second kappa shape index (κ2) is 9.76. The molecule has 0 aliphatic carbocycles. The molecule has 7 heteroatoms. The van der Waals surface area contributed by atoms with Gasteiger partial charge in [-0.15, -0.1) is 0 Å². The van der Waals surface area contributed by atoms with E-state index in [4.69, 9.17) is 9.52 Å². The summed E-state index contributed by atoms with van der Waals surface area (Å²) in [5.74, 6) is 1.51. The van der Waals surface area contributed by atoms with E-state index in [0.29, 0.717) is 12.2 Å². The quantitative estimate of drug-likeness (QED) is 0.573. The fourth-order valence-corrected chi connectivity index (χ4v) is 3.83. The largest absolute Gasteiger partial charge is 0.367 e. The molecule has 1 aliphatic heterocycles. The van der Waals surface area contributed by atoms with Crippen molar-refractivity contribution in [3.8, 4) is 0 Å². The summed E-state index contributed by atoms with van der Waals surface area (Å²) in [6.45, 7) is 11.0. The lowest BCUT2D eigenvalue weighted by Crippen LogP contribution is -2.51. The molecule has 1 saturated heterocycles. The first-order valence-electron chi connectivity index (χ1n) is 10.5. The molecule has 0 bridgehead atoms.